The molecule has 0 aliphatic heterocycles. The number of nitrogens with zero attached hydrogens (tertiary/aromatic N) is 1. The minimum absolute atomic E-state index is 0.0287. The SMILES string of the molecule is COc1cncc(C(N)C2CCCc3ccccc32)c1. The third-order valence-corrected chi connectivity index (χ3v) is 4.20. The summed E-state index contributed by atoms with van der Waals surface area (Å²) in [6.45, 7) is 0. The van der Waals surface area contributed by atoms with E-state index in [1.165, 1.54) is 17.5 Å². The molecule has 20 heavy (non-hydrogen) atoms. The average Bonchev–Trinajstić information content (AvgIpc) is 2.53. The topological polar surface area (TPSA) is 48.1 Å². The second-order valence-corrected chi connectivity index (χ2v) is 5.38. The fourth-order valence-corrected chi connectivity index (χ4v) is 3.13. The van der Waals surface area contributed by atoms with E-state index in [0.717, 1.165) is 24.2 Å². The Labute approximate surface area is 119 Å². The summed E-state index contributed by atoms with van der Waals surface area (Å²) in [6, 6.07) is 10.6. The second-order valence-electron chi connectivity index (χ2n) is 5.38. The van der Waals surface area contributed by atoms with Gasteiger partial charge in [-0.05, 0) is 42.0 Å². The van der Waals surface area contributed by atoms with Crippen LogP contribution in [0.25, 0.3) is 0 Å². The van der Waals surface area contributed by atoms with Gasteiger partial charge >= 0.3 is 0 Å². The third-order valence-electron chi connectivity index (χ3n) is 4.20. The minimum Gasteiger partial charge on any atom is -0.495 e. The van der Waals surface area contributed by atoms with Crippen LogP contribution < -0.4 is 10.5 Å². The number of rotatable bonds is 3. The van der Waals surface area contributed by atoms with Gasteiger partial charge in [-0.1, -0.05) is 24.3 Å². The second kappa shape index (κ2) is 5.63. The van der Waals surface area contributed by atoms with Gasteiger partial charge in [0.2, 0.25) is 0 Å². The van der Waals surface area contributed by atoms with Gasteiger partial charge in [0.25, 0.3) is 0 Å². The summed E-state index contributed by atoms with van der Waals surface area (Å²) < 4.78 is 5.24. The van der Waals surface area contributed by atoms with Gasteiger partial charge in [0.15, 0.2) is 0 Å². The maximum absolute atomic E-state index is 6.51. The molecule has 3 nitrogen and oxygen atoms in total. The van der Waals surface area contributed by atoms with Crippen molar-refractivity contribution >= 4 is 0 Å². The largest absolute Gasteiger partial charge is 0.495 e. The molecule has 1 aromatic carbocycles. The lowest BCUT2D eigenvalue weighted by Gasteiger charge is -2.30. The average molecular weight is 268 g/mol. The van der Waals surface area contributed by atoms with Gasteiger partial charge < -0.3 is 10.5 Å². The highest BCUT2D eigenvalue weighted by Crippen LogP contribution is 2.39. The highest BCUT2D eigenvalue weighted by Gasteiger charge is 2.26. The van der Waals surface area contributed by atoms with Gasteiger partial charge in [-0.25, -0.2) is 0 Å². The Morgan fingerprint density at radius 1 is 1.30 bits per heavy atom. The van der Waals surface area contributed by atoms with Crippen LogP contribution in [0, 0.1) is 0 Å². The van der Waals surface area contributed by atoms with E-state index >= 15 is 0 Å². The van der Waals surface area contributed by atoms with Crippen LogP contribution in [0.15, 0.2) is 42.7 Å². The molecule has 2 atom stereocenters. The van der Waals surface area contributed by atoms with Crippen LogP contribution in [0.4, 0.5) is 0 Å². The highest BCUT2D eigenvalue weighted by atomic mass is 16.5. The molecule has 1 heterocycles. The van der Waals surface area contributed by atoms with Crippen molar-refractivity contribution in [2.75, 3.05) is 7.11 Å². The zero-order chi connectivity index (χ0) is 13.9. The van der Waals surface area contributed by atoms with E-state index in [2.05, 4.69) is 29.2 Å². The van der Waals surface area contributed by atoms with Crippen molar-refractivity contribution in [1.29, 1.82) is 0 Å². The molecule has 2 unspecified atom stereocenters. The molecule has 3 heteroatoms. The molecule has 0 amide bonds. The first kappa shape index (κ1) is 13.1. The lowest BCUT2D eigenvalue weighted by molar-refractivity contribution is 0.409. The lowest BCUT2D eigenvalue weighted by Crippen LogP contribution is -2.23. The summed E-state index contributed by atoms with van der Waals surface area (Å²) in [6.07, 6.45) is 7.06. The van der Waals surface area contributed by atoms with E-state index in [0.29, 0.717) is 5.92 Å². The van der Waals surface area contributed by atoms with Crippen LogP contribution in [0.5, 0.6) is 5.75 Å². The molecule has 0 radical (unpaired) electrons. The lowest BCUT2D eigenvalue weighted by atomic mass is 9.77. The third kappa shape index (κ3) is 2.41. The Kier molecular flexibility index (Phi) is 3.70. The zero-order valence-corrected chi connectivity index (χ0v) is 11.8. The van der Waals surface area contributed by atoms with Gasteiger partial charge in [-0.15, -0.1) is 0 Å². The van der Waals surface area contributed by atoms with Crippen LogP contribution in [-0.4, -0.2) is 12.1 Å². The van der Waals surface area contributed by atoms with Gasteiger partial charge in [0, 0.05) is 18.2 Å². The van der Waals surface area contributed by atoms with Crippen molar-refractivity contribution in [3.63, 3.8) is 0 Å². The van der Waals surface area contributed by atoms with Gasteiger partial charge in [0.1, 0.15) is 5.75 Å². The molecule has 2 N–H and O–H groups in total. The Morgan fingerprint density at radius 3 is 3.00 bits per heavy atom. The Balaban J connectivity index is 1.93. The molecule has 0 saturated heterocycles. The van der Waals surface area contributed by atoms with Crippen LogP contribution >= 0.6 is 0 Å². The van der Waals surface area contributed by atoms with Crippen LogP contribution in [-0.2, 0) is 6.42 Å². The molecule has 1 aliphatic rings. The molecular formula is C17H20N2O. The Morgan fingerprint density at radius 2 is 2.15 bits per heavy atom. The number of hydrogen-bond acceptors (Lipinski definition) is 3. The van der Waals surface area contributed by atoms with Crippen molar-refractivity contribution in [3.8, 4) is 5.75 Å². The number of benzene rings is 1. The van der Waals surface area contributed by atoms with Gasteiger partial charge in [-0.2, -0.15) is 0 Å². The van der Waals surface area contributed by atoms with Crippen LogP contribution in [0.2, 0.25) is 0 Å². The quantitative estimate of drug-likeness (QED) is 0.930. The highest BCUT2D eigenvalue weighted by molar-refractivity contribution is 5.36. The Bertz CT molecular complexity index is 597. The maximum atomic E-state index is 6.51. The van der Waals surface area contributed by atoms with Crippen molar-refractivity contribution in [2.45, 2.75) is 31.2 Å². The van der Waals surface area contributed by atoms with Crippen molar-refractivity contribution in [1.82, 2.24) is 4.98 Å². The predicted octanol–water partition coefficient (Wildman–Crippen LogP) is 3.21. The molecule has 0 fully saturated rings. The van der Waals surface area contributed by atoms with Crippen molar-refractivity contribution in [3.05, 3.63) is 59.4 Å². The van der Waals surface area contributed by atoms with E-state index in [4.69, 9.17) is 10.5 Å². The fourth-order valence-electron chi connectivity index (χ4n) is 3.13. The van der Waals surface area contributed by atoms with Crippen LogP contribution in [0.1, 0.15) is 41.5 Å². The summed E-state index contributed by atoms with van der Waals surface area (Å²) in [5.74, 6) is 1.14. The molecule has 0 spiro atoms. The van der Waals surface area contributed by atoms with Crippen molar-refractivity contribution in [2.24, 2.45) is 5.73 Å². The molecule has 1 aromatic heterocycles. The van der Waals surface area contributed by atoms with E-state index in [1.54, 1.807) is 13.3 Å². The van der Waals surface area contributed by atoms with Gasteiger partial charge in [0.05, 0.1) is 13.3 Å². The molecule has 2 aromatic rings. The fraction of sp³-hybridized carbons (Fsp3) is 0.353. The first-order valence-electron chi connectivity index (χ1n) is 7.12. The minimum atomic E-state index is -0.0287. The van der Waals surface area contributed by atoms with E-state index in [-0.39, 0.29) is 6.04 Å². The first-order valence-corrected chi connectivity index (χ1v) is 7.12. The van der Waals surface area contributed by atoms with Crippen molar-refractivity contribution < 1.29 is 4.74 Å². The number of fused-ring (bicyclic) bond motifs is 1. The molecular weight excluding hydrogens is 248 g/mol. The van der Waals surface area contributed by atoms with E-state index in [9.17, 15) is 0 Å². The van der Waals surface area contributed by atoms with Crippen LogP contribution in [0.3, 0.4) is 0 Å². The number of nitrogens with two attached hydrogens (primary N) is 1. The molecule has 1 aliphatic carbocycles. The summed E-state index contributed by atoms with van der Waals surface area (Å²) in [7, 11) is 1.65. The van der Waals surface area contributed by atoms with E-state index in [1.807, 2.05) is 12.3 Å². The normalized spacial score (nSPS) is 19.2. The standard InChI is InChI=1S/C17H20N2O/c1-20-14-9-13(10-19-11-14)17(18)16-8-4-6-12-5-2-3-7-15(12)16/h2-3,5,7,9-11,16-17H,4,6,8,18H2,1H3. The number of ether oxygens (including phenoxy) is 1. The predicted molar refractivity (Wildman–Crippen MR) is 79.8 cm³/mol. The number of methoxy groups -OCH3 is 1. The Hall–Kier alpha value is -1.87. The molecule has 0 bridgehead atoms. The number of pyridine rings is 1. The molecule has 104 valence electrons. The van der Waals surface area contributed by atoms with E-state index < -0.39 is 0 Å². The summed E-state index contributed by atoms with van der Waals surface area (Å²) in [5, 5.41) is 0. The smallest absolute Gasteiger partial charge is 0.137 e. The summed E-state index contributed by atoms with van der Waals surface area (Å²) in [5.41, 5.74) is 10.4. The number of hydrogen-bond donors (Lipinski definition) is 1. The first-order chi connectivity index (χ1) is 9.79. The molecule has 3 rings (SSSR count). The summed E-state index contributed by atoms with van der Waals surface area (Å²) >= 11 is 0. The monoisotopic (exact) mass is 268 g/mol. The molecule has 0 saturated carbocycles. The number of aryl methyl sites for hydroxylation is 1. The zero-order valence-electron chi connectivity index (χ0n) is 11.8. The summed E-state index contributed by atoms with van der Waals surface area (Å²) in [4.78, 5) is 4.22. The number of aromatic nitrogens is 1. The maximum Gasteiger partial charge on any atom is 0.137 e. The van der Waals surface area contributed by atoms with Gasteiger partial charge in [-0.3, -0.25) is 4.98 Å².